The fraction of sp³-hybridized carbons (Fsp3) is 0.769. The van der Waals surface area contributed by atoms with E-state index in [1.54, 1.807) is 17.1 Å². The van der Waals surface area contributed by atoms with Gasteiger partial charge in [0.1, 0.15) is 9.84 Å². The molecule has 0 spiro atoms. The summed E-state index contributed by atoms with van der Waals surface area (Å²) in [7, 11) is -2.99. The Kier molecular flexibility index (Phi) is 3.73. The Morgan fingerprint density at radius 2 is 1.80 bits per heavy atom. The monoisotopic (exact) mass is 302 g/mol. The van der Waals surface area contributed by atoms with E-state index in [4.69, 9.17) is 9.47 Å². The van der Waals surface area contributed by atoms with Gasteiger partial charge in [0, 0.05) is 18.0 Å². The van der Waals surface area contributed by atoms with Crippen molar-refractivity contribution in [2.75, 3.05) is 12.0 Å². The van der Waals surface area contributed by atoms with Gasteiger partial charge in [0.25, 0.3) is 0 Å². The number of sulfone groups is 1. The smallest absolute Gasteiger partial charge is 0.188 e. The van der Waals surface area contributed by atoms with Crippen LogP contribution in [0.25, 0.3) is 0 Å². The average Bonchev–Trinajstić information content (AvgIpc) is 2.79. The predicted octanol–water partition coefficient (Wildman–Crippen LogP) is 1.53. The predicted molar refractivity (Wildman–Crippen MR) is 75.0 cm³/mol. The quantitative estimate of drug-likeness (QED) is 0.843. The second kappa shape index (κ2) is 4.82. The van der Waals surface area contributed by atoms with Gasteiger partial charge in [0.15, 0.2) is 6.29 Å². The highest BCUT2D eigenvalue weighted by atomic mass is 32.2. The molecule has 2 heterocycles. The van der Waals surface area contributed by atoms with Crippen molar-refractivity contribution in [3.05, 3.63) is 18.0 Å². The van der Waals surface area contributed by atoms with Crippen LogP contribution in [0.4, 0.5) is 0 Å². The number of aryl methyl sites for hydroxylation is 1. The van der Waals surface area contributed by atoms with Crippen LogP contribution in [0, 0.1) is 0 Å². The molecule has 0 aliphatic carbocycles. The zero-order valence-corrected chi connectivity index (χ0v) is 13.4. The fourth-order valence-corrected chi connectivity index (χ4v) is 2.38. The lowest BCUT2D eigenvalue weighted by Crippen LogP contribution is -2.41. The van der Waals surface area contributed by atoms with E-state index in [2.05, 4.69) is 5.10 Å². The van der Waals surface area contributed by atoms with E-state index >= 15 is 0 Å². The van der Waals surface area contributed by atoms with Gasteiger partial charge in [-0.15, -0.1) is 0 Å². The minimum atomic E-state index is -2.99. The summed E-state index contributed by atoms with van der Waals surface area (Å²) in [5, 5.41) is 4.15. The number of hydrogen-bond acceptors (Lipinski definition) is 5. The Labute approximate surface area is 120 Å². The Hall–Kier alpha value is -0.920. The highest BCUT2D eigenvalue weighted by Gasteiger charge is 2.49. The van der Waals surface area contributed by atoms with Crippen molar-refractivity contribution in [1.29, 1.82) is 0 Å². The van der Waals surface area contributed by atoms with E-state index in [0.717, 1.165) is 5.56 Å². The van der Waals surface area contributed by atoms with Crippen LogP contribution in [-0.4, -0.2) is 41.4 Å². The Bertz CT molecular complexity index is 573. The van der Waals surface area contributed by atoms with E-state index in [0.29, 0.717) is 6.54 Å². The Morgan fingerprint density at radius 3 is 2.30 bits per heavy atom. The summed E-state index contributed by atoms with van der Waals surface area (Å²) in [6.07, 6.45) is 4.18. The molecule has 0 unspecified atom stereocenters. The molecule has 0 saturated carbocycles. The van der Waals surface area contributed by atoms with E-state index in [1.165, 1.54) is 6.26 Å². The van der Waals surface area contributed by atoms with Gasteiger partial charge in [-0.2, -0.15) is 5.10 Å². The summed E-state index contributed by atoms with van der Waals surface area (Å²) >= 11 is 0. The lowest BCUT2D eigenvalue weighted by Gasteiger charge is -2.30. The maximum Gasteiger partial charge on any atom is 0.188 e. The van der Waals surface area contributed by atoms with Gasteiger partial charge < -0.3 is 9.47 Å². The van der Waals surface area contributed by atoms with Crippen molar-refractivity contribution in [2.24, 2.45) is 0 Å². The highest BCUT2D eigenvalue weighted by Crippen LogP contribution is 2.44. The number of aromatic nitrogens is 2. The van der Waals surface area contributed by atoms with Crippen LogP contribution in [0.1, 0.15) is 39.5 Å². The van der Waals surface area contributed by atoms with Crippen LogP contribution in [0.5, 0.6) is 0 Å². The molecule has 1 saturated heterocycles. The minimum absolute atomic E-state index is 0.0670. The molecule has 1 aliphatic heterocycles. The molecular weight excluding hydrogens is 280 g/mol. The summed E-state index contributed by atoms with van der Waals surface area (Å²) in [6, 6.07) is 0. The van der Waals surface area contributed by atoms with Gasteiger partial charge in [-0.1, -0.05) is 0 Å². The van der Waals surface area contributed by atoms with Crippen molar-refractivity contribution < 1.29 is 17.9 Å². The van der Waals surface area contributed by atoms with E-state index in [9.17, 15) is 8.42 Å². The zero-order valence-electron chi connectivity index (χ0n) is 12.6. The molecule has 1 fully saturated rings. The molecule has 0 bridgehead atoms. The number of ether oxygens (including phenoxy) is 2. The topological polar surface area (TPSA) is 70.4 Å². The lowest BCUT2D eigenvalue weighted by molar-refractivity contribution is -0.0896. The van der Waals surface area contributed by atoms with Crippen molar-refractivity contribution in [1.82, 2.24) is 9.78 Å². The molecule has 114 valence electrons. The number of nitrogens with zero attached hydrogens (tertiary/aromatic N) is 2. The largest absolute Gasteiger partial charge is 0.339 e. The minimum Gasteiger partial charge on any atom is -0.339 e. The molecule has 0 radical (unpaired) electrons. The summed E-state index contributed by atoms with van der Waals surface area (Å²) in [5.74, 6) is 0.0670. The summed E-state index contributed by atoms with van der Waals surface area (Å²) in [6.45, 7) is 8.28. The average molecular weight is 302 g/mol. The van der Waals surface area contributed by atoms with Crippen LogP contribution in [0.15, 0.2) is 12.4 Å². The lowest BCUT2D eigenvalue weighted by atomic mass is 9.90. The highest BCUT2D eigenvalue weighted by molar-refractivity contribution is 7.90. The summed E-state index contributed by atoms with van der Waals surface area (Å²) in [5.41, 5.74) is 0.0103. The second-order valence-corrected chi connectivity index (χ2v) is 8.51. The van der Waals surface area contributed by atoms with Crippen molar-refractivity contribution in [3.63, 3.8) is 0 Å². The standard InChI is InChI=1S/C13H22N2O4S/c1-12(2)13(3,4)19-11(18-12)10-8-14-15(9-10)6-7-20(5,16)17/h8-9,11H,6-7H2,1-5H3. The molecule has 1 aromatic rings. The maximum atomic E-state index is 11.1. The second-order valence-electron chi connectivity index (χ2n) is 6.25. The molecule has 1 aromatic heterocycles. The normalized spacial score (nSPS) is 22.2. The van der Waals surface area contributed by atoms with Gasteiger partial charge in [-0.05, 0) is 27.7 Å². The third kappa shape index (κ3) is 3.21. The van der Waals surface area contributed by atoms with Gasteiger partial charge in [-0.3, -0.25) is 4.68 Å². The van der Waals surface area contributed by atoms with E-state index in [1.807, 2.05) is 27.7 Å². The maximum absolute atomic E-state index is 11.1. The van der Waals surface area contributed by atoms with Gasteiger partial charge in [0.05, 0.1) is 29.7 Å². The van der Waals surface area contributed by atoms with Crippen molar-refractivity contribution >= 4 is 9.84 Å². The molecule has 2 rings (SSSR count). The summed E-state index contributed by atoms with van der Waals surface area (Å²) in [4.78, 5) is 0. The van der Waals surface area contributed by atoms with Gasteiger partial charge >= 0.3 is 0 Å². The third-order valence-corrected chi connectivity index (χ3v) is 4.79. The summed E-state index contributed by atoms with van der Waals surface area (Å²) < 4.78 is 35.7. The molecule has 0 N–H and O–H groups in total. The SMILES string of the molecule is CC1(C)OC(c2cnn(CCS(C)(=O)=O)c2)OC1(C)C. The number of rotatable bonds is 4. The molecule has 7 heteroatoms. The third-order valence-electron chi connectivity index (χ3n) is 3.87. The zero-order chi connectivity index (χ0) is 15.2. The Morgan fingerprint density at radius 1 is 1.25 bits per heavy atom. The van der Waals surface area contributed by atoms with Crippen LogP contribution in [0.3, 0.4) is 0 Å². The molecule has 6 nitrogen and oxygen atoms in total. The molecular formula is C13H22N2O4S. The Balaban J connectivity index is 2.07. The molecule has 1 aliphatic rings. The first-order chi connectivity index (χ1) is 9.00. The van der Waals surface area contributed by atoms with Crippen molar-refractivity contribution in [3.8, 4) is 0 Å². The van der Waals surface area contributed by atoms with Crippen LogP contribution in [-0.2, 0) is 25.9 Å². The van der Waals surface area contributed by atoms with Gasteiger partial charge in [0.2, 0.25) is 0 Å². The first-order valence-electron chi connectivity index (χ1n) is 6.56. The molecule has 0 amide bonds. The molecule has 0 atom stereocenters. The number of hydrogen-bond donors (Lipinski definition) is 0. The van der Waals surface area contributed by atoms with E-state index in [-0.39, 0.29) is 5.75 Å². The fourth-order valence-electron chi connectivity index (χ4n) is 1.86. The van der Waals surface area contributed by atoms with Crippen LogP contribution < -0.4 is 0 Å². The van der Waals surface area contributed by atoms with E-state index < -0.39 is 27.3 Å². The first-order valence-corrected chi connectivity index (χ1v) is 8.62. The molecule has 0 aromatic carbocycles. The van der Waals surface area contributed by atoms with Crippen LogP contribution in [0.2, 0.25) is 0 Å². The van der Waals surface area contributed by atoms with Crippen molar-refractivity contribution in [2.45, 2.75) is 51.7 Å². The first kappa shape index (κ1) is 15.5. The molecule has 20 heavy (non-hydrogen) atoms. The van der Waals surface area contributed by atoms with Gasteiger partial charge in [-0.25, -0.2) is 8.42 Å². The van der Waals surface area contributed by atoms with Crippen LogP contribution >= 0.6 is 0 Å².